The fraction of sp³-hybridized carbons (Fsp3) is 1.00. The molecule has 1 rings (SSSR count). The summed E-state index contributed by atoms with van der Waals surface area (Å²) in [6.45, 7) is 16.7. The molecule has 0 amide bonds. The molecule has 0 heterocycles. The zero-order valence-corrected chi connectivity index (χ0v) is 15.0. The first-order valence-electron chi connectivity index (χ1n) is 9.00. The Bertz CT molecular complexity index is 253. The Balaban J connectivity index is 2.57. The van der Waals surface area contributed by atoms with Gasteiger partial charge in [-0.05, 0) is 67.7 Å². The van der Waals surface area contributed by atoms with E-state index in [1.165, 1.54) is 58.0 Å². The summed E-state index contributed by atoms with van der Waals surface area (Å²) in [4.78, 5) is 0. The van der Waals surface area contributed by atoms with Gasteiger partial charge in [-0.15, -0.1) is 0 Å². The van der Waals surface area contributed by atoms with Crippen molar-refractivity contribution in [3.63, 3.8) is 0 Å². The van der Waals surface area contributed by atoms with Crippen LogP contribution in [-0.2, 0) is 0 Å². The summed E-state index contributed by atoms with van der Waals surface area (Å²) >= 11 is 0. The van der Waals surface area contributed by atoms with Crippen molar-refractivity contribution in [1.82, 2.24) is 5.32 Å². The van der Waals surface area contributed by atoms with Crippen LogP contribution in [0.4, 0.5) is 0 Å². The molecule has 0 saturated heterocycles. The third kappa shape index (κ3) is 5.76. The van der Waals surface area contributed by atoms with Crippen molar-refractivity contribution in [2.75, 3.05) is 13.1 Å². The third-order valence-electron chi connectivity index (χ3n) is 5.45. The minimum Gasteiger partial charge on any atom is -0.316 e. The van der Waals surface area contributed by atoms with E-state index in [0.29, 0.717) is 10.8 Å². The molecule has 1 aliphatic carbocycles. The number of rotatable bonds is 7. The van der Waals surface area contributed by atoms with Crippen molar-refractivity contribution in [3.05, 3.63) is 0 Å². The maximum Gasteiger partial charge on any atom is 0.000781 e. The molecule has 0 atom stereocenters. The normalized spacial score (nSPS) is 28.1. The molecule has 0 aromatic rings. The molecule has 1 saturated carbocycles. The topological polar surface area (TPSA) is 12.0 Å². The van der Waals surface area contributed by atoms with Crippen molar-refractivity contribution in [2.45, 2.75) is 86.5 Å². The second kappa shape index (κ2) is 7.82. The minimum atomic E-state index is 0.501. The van der Waals surface area contributed by atoms with Crippen molar-refractivity contribution in [1.29, 1.82) is 0 Å². The first-order chi connectivity index (χ1) is 9.29. The summed E-state index contributed by atoms with van der Waals surface area (Å²) in [7, 11) is 0. The lowest BCUT2D eigenvalue weighted by Crippen LogP contribution is -2.40. The second-order valence-electron chi connectivity index (χ2n) is 8.75. The van der Waals surface area contributed by atoms with Crippen LogP contribution in [0.5, 0.6) is 0 Å². The Labute approximate surface area is 128 Å². The first kappa shape index (κ1) is 18.0. The van der Waals surface area contributed by atoms with Gasteiger partial charge in [0.25, 0.3) is 0 Å². The summed E-state index contributed by atoms with van der Waals surface area (Å²) in [5.41, 5.74) is 1.10. The molecule has 1 N–H and O–H groups in total. The van der Waals surface area contributed by atoms with E-state index >= 15 is 0 Å². The van der Waals surface area contributed by atoms with E-state index in [2.05, 4.69) is 46.9 Å². The molecular weight excluding hydrogens is 242 g/mol. The average molecular weight is 282 g/mol. The highest BCUT2D eigenvalue weighted by Crippen LogP contribution is 2.47. The minimum absolute atomic E-state index is 0.501. The summed E-state index contributed by atoms with van der Waals surface area (Å²) < 4.78 is 0. The molecular formula is C19H39N. The lowest BCUT2D eigenvalue weighted by molar-refractivity contribution is 0.0755. The fourth-order valence-corrected chi connectivity index (χ4v) is 3.74. The van der Waals surface area contributed by atoms with E-state index in [9.17, 15) is 0 Å². The van der Waals surface area contributed by atoms with Gasteiger partial charge in [-0.25, -0.2) is 0 Å². The Morgan fingerprint density at radius 1 is 1.15 bits per heavy atom. The standard InChI is InChI=1S/C19H39N/c1-7-14-20-15-19(11-8-16(2)3)12-9-17(10-13-19)18(4,5)6/h16-17,20H,7-15H2,1-6H3. The van der Waals surface area contributed by atoms with Gasteiger partial charge < -0.3 is 5.32 Å². The molecule has 1 nitrogen and oxygen atoms in total. The smallest absolute Gasteiger partial charge is 0.000781 e. The lowest BCUT2D eigenvalue weighted by Gasteiger charge is -2.45. The Hall–Kier alpha value is -0.0400. The summed E-state index contributed by atoms with van der Waals surface area (Å²) in [5.74, 6) is 1.78. The Morgan fingerprint density at radius 3 is 2.20 bits per heavy atom. The van der Waals surface area contributed by atoms with Crippen LogP contribution in [0.3, 0.4) is 0 Å². The van der Waals surface area contributed by atoms with E-state index in [-0.39, 0.29) is 0 Å². The van der Waals surface area contributed by atoms with Crippen LogP contribution in [0.1, 0.15) is 86.5 Å². The van der Waals surface area contributed by atoms with Crippen molar-refractivity contribution in [3.8, 4) is 0 Å². The highest BCUT2D eigenvalue weighted by atomic mass is 14.9. The summed E-state index contributed by atoms with van der Waals surface area (Å²) in [6, 6.07) is 0. The van der Waals surface area contributed by atoms with Gasteiger partial charge in [-0.3, -0.25) is 0 Å². The Morgan fingerprint density at radius 2 is 1.75 bits per heavy atom. The van der Waals surface area contributed by atoms with Gasteiger partial charge in [0.05, 0.1) is 0 Å². The molecule has 0 radical (unpaired) electrons. The number of hydrogen-bond acceptors (Lipinski definition) is 1. The maximum atomic E-state index is 3.72. The van der Waals surface area contributed by atoms with Crippen molar-refractivity contribution >= 4 is 0 Å². The van der Waals surface area contributed by atoms with E-state index < -0.39 is 0 Å². The molecule has 0 aromatic heterocycles. The second-order valence-corrected chi connectivity index (χ2v) is 8.75. The highest BCUT2D eigenvalue weighted by molar-refractivity contribution is 4.90. The zero-order valence-electron chi connectivity index (χ0n) is 15.0. The largest absolute Gasteiger partial charge is 0.316 e. The van der Waals surface area contributed by atoms with Gasteiger partial charge in [0.2, 0.25) is 0 Å². The van der Waals surface area contributed by atoms with Gasteiger partial charge in [-0.2, -0.15) is 0 Å². The predicted molar refractivity (Wildman–Crippen MR) is 91.1 cm³/mol. The Kier molecular flexibility index (Phi) is 7.04. The fourth-order valence-electron chi connectivity index (χ4n) is 3.74. The molecule has 0 unspecified atom stereocenters. The quantitative estimate of drug-likeness (QED) is 0.595. The van der Waals surface area contributed by atoms with Gasteiger partial charge in [0, 0.05) is 6.54 Å². The predicted octanol–water partition coefficient (Wildman–Crippen LogP) is 5.64. The maximum absolute atomic E-state index is 3.72. The third-order valence-corrected chi connectivity index (χ3v) is 5.45. The van der Waals surface area contributed by atoms with Crippen LogP contribution < -0.4 is 5.32 Å². The van der Waals surface area contributed by atoms with E-state index in [1.54, 1.807) is 0 Å². The monoisotopic (exact) mass is 281 g/mol. The van der Waals surface area contributed by atoms with E-state index in [0.717, 1.165) is 11.8 Å². The highest BCUT2D eigenvalue weighted by Gasteiger charge is 2.38. The van der Waals surface area contributed by atoms with Gasteiger partial charge >= 0.3 is 0 Å². The van der Waals surface area contributed by atoms with Crippen LogP contribution in [-0.4, -0.2) is 13.1 Å². The molecule has 120 valence electrons. The molecule has 1 aliphatic rings. The van der Waals surface area contributed by atoms with Crippen molar-refractivity contribution in [2.24, 2.45) is 22.7 Å². The van der Waals surface area contributed by atoms with Crippen LogP contribution in [0.2, 0.25) is 0 Å². The van der Waals surface area contributed by atoms with Crippen LogP contribution in [0.15, 0.2) is 0 Å². The molecule has 1 heteroatoms. The molecule has 0 aliphatic heterocycles. The van der Waals surface area contributed by atoms with Gasteiger partial charge in [-0.1, -0.05) is 48.0 Å². The van der Waals surface area contributed by atoms with Gasteiger partial charge in [0.15, 0.2) is 0 Å². The summed E-state index contributed by atoms with van der Waals surface area (Å²) in [5, 5.41) is 3.72. The van der Waals surface area contributed by atoms with Crippen LogP contribution in [0.25, 0.3) is 0 Å². The van der Waals surface area contributed by atoms with E-state index in [4.69, 9.17) is 0 Å². The number of hydrogen-bond donors (Lipinski definition) is 1. The van der Waals surface area contributed by atoms with Gasteiger partial charge in [0.1, 0.15) is 0 Å². The lowest BCUT2D eigenvalue weighted by atomic mass is 9.62. The number of nitrogens with one attached hydrogen (secondary N) is 1. The molecule has 0 spiro atoms. The SMILES string of the molecule is CCCNCC1(CCC(C)C)CCC(C(C)(C)C)CC1. The van der Waals surface area contributed by atoms with Crippen LogP contribution >= 0.6 is 0 Å². The molecule has 0 bridgehead atoms. The summed E-state index contributed by atoms with van der Waals surface area (Å²) in [6.07, 6.45) is 9.85. The molecule has 1 fully saturated rings. The van der Waals surface area contributed by atoms with E-state index in [1.807, 2.05) is 0 Å². The molecule has 0 aromatic carbocycles. The van der Waals surface area contributed by atoms with Crippen LogP contribution in [0, 0.1) is 22.7 Å². The first-order valence-corrected chi connectivity index (χ1v) is 9.00. The van der Waals surface area contributed by atoms with Crippen molar-refractivity contribution < 1.29 is 0 Å². The average Bonchev–Trinajstić information content (AvgIpc) is 2.36. The zero-order chi connectivity index (χ0) is 15.2. The molecule has 20 heavy (non-hydrogen) atoms.